The van der Waals surface area contributed by atoms with Gasteiger partial charge in [-0.1, -0.05) is 41.9 Å². The molecule has 0 saturated heterocycles. The first-order chi connectivity index (χ1) is 16.3. The van der Waals surface area contributed by atoms with E-state index in [4.69, 9.17) is 25.8 Å². The van der Waals surface area contributed by atoms with Gasteiger partial charge in [-0.15, -0.1) is 0 Å². The monoisotopic (exact) mass is 504 g/mol. The molecule has 3 aromatic carbocycles. The van der Waals surface area contributed by atoms with Crippen LogP contribution >= 0.6 is 11.6 Å². The third kappa shape index (κ3) is 6.19. The molecule has 0 aliphatic heterocycles. The van der Waals surface area contributed by atoms with E-state index >= 15 is 0 Å². The number of carbonyl (C=O) groups is 1. The normalized spacial score (nSPS) is 12.0. The number of benzene rings is 3. The number of hydrogen-bond donors (Lipinski definition) is 2. The minimum atomic E-state index is -4.18. The molecule has 8 nitrogen and oxygen atoms in total. The molecule has 34 heavy (non-hydrogen) atoms. The van der Waals surface area contributed by atoms with Crippen LogP contribution in [0.5, 0.6) is 17.2 Å². The first-order valence-electron chi connectivity index (χ1n) is 10.2. The van der Waals surface area contributed by atoms with Crippen LogP contribution in [0, 0.1) is 0 Å². The highest BCUT2D eigenvalue weighted by Gasteiger charge is 2.29. The summed E-state index contributed by atoms with van der Waals surface area (Å²) in [6, 6.07) is 17.0. The third-order valence-electron chi connectivity index (χ3n) is 4.98. The molecule has 0 aliphatic rings. The molecule has 0 aliphatic carbocycles. The fourth-order valence-electron chi connectivity index (χ4n) is 3.27. The third-order valence-corrected chi connectivity index (χ3v) is 6.71. The predicted octanol–water partition coefficient (Wildman–Crippen LogP) is 3.89. The Kier molecular flexibility index (Phi) is 8.38. The van der Waals surface area contributed by atoms with Gasteiger partial charge in [-0.3, -0.25) is 4.79 Å². The van der Waals surface area contributed by atoms with Crippen molar-refractivity contribution in [3.05, 3.63) is 77.3 Å². The Morgan fingerprint density at radius 1 is 0.912 bits per heavy atom. The van der Waals surface area contributed by atoms with Crippen LogP contribution in [0.4, 0.5) is 5.69 Å². The summed E-state index contributed by atoms with van der Waals surface area (Å²) in [6.45, 7) is 0. The van der Waals surface area contributed by atoms with Crippen LogP contribution in [-0.2, 0) is 21.2 Å². The van der Waals surface area contributed by atoms with E-state index in [1.54, 1.807) is 18.2 Å². The molecule has 0 aromatic heterocycles. The molecule has 0 radical (unpaired) electrons. The molecule has 0 spiro atoms. The number of nitrogens with one attached hydrogen (secondary N) is 2. The summed E-state index contributed by atoms with van der Waals surface area (Å²) in [7, 11) is 0.148. The number of amides is 1. The lowest BCUT2D eigenvalue weighted by Gasteiger charge is -2.20. The Labute approximate surface area is 203 Å². The summed E-state index contributed by atoms with van der Waals surface area (Å²) in [6.07, 6.45) is 0.104. The van der Waals surface area contributed by atoms with Crippen LogP contribution in [0.25, 0.3) is 0 Å². The Bertz CT molecular complexity index is 1250. The van der Waals surface area contributed by atoms with Gasteiger partial charge in [0.15, 0.2) is 0 Å². The summed E-state index contributed by atoms with van der Waals surface area (Å²) < 4.78 is 44.7. The van der Waals surface area contributed by atoms with Crippen molar-refractivity contribution in [2.45, 2.75) is 17.4 Å². The summed E-state index contributed by atoms with van der Waals surface area (Å²) >= 11 is 6.02. The first kappa shape index (κ1) is 25.4. The van der Waals surface area contributed by atoms with E-state index in [2.05, 4.69) is 10.0 Å². The lowest BCUT2D eigenvalue weighted by molar-refractivity contribution is -0.117. The summed E-state index contributed by atoms with van der Waals surface area (Å²) in [5.74, 6) is 0.444. The molecule has 0 unspecified atom stereocenters. The Morgan fingerprint density at radius 3 is 2.26 bits per heavy atom. The zero-order valence-corrected chi connectivity index (χ0v) is 20.4. The molecule has 3 aromatic rings. The molecule has 1 amide bonds. The van der Waals surface area contributed by atoms with Gasteiger partial charge in [0.25, 0.3) is 0 Å². The molecule has 2 N–H and O–H groups in total. The van der Waals surface area contributed by atoms with E-state index in [1.165, 1.54) is 39.5 Å². The second kappa shape index (κ2) is 11.2. The fraction of sp³-hybridized carbons (Fsp3) is 0.208. The van der Waals surface area contributed by atoms with Crippen molar-refractivity contribution >= 4 is 33.2 Å². The second-order valence-corrected chi connectivity index (χ2v) is 9.33. The van der Waals surface area contributed by atoms with Gasteiger partial charge >= 0.3 is 0 Å². The minimum absolute atomic E-state index is 0.104. The van der Waals surface area contributed by atoms with Crippen molar-refractivity contribution in [3.8, 4) is 17.2 Å². The van der Waals surface area contributed by atoms with Crippen LogP contribution in [-0.4, -0.2) is 41.7 Å². The fourth-order valence-corrected chi connectivity index (χ4v) is 4.90. The maximum Gasteiger partial charge on any atom is 0.245 e. The highest BCUT2D eigenvalue weighted by Crippen LogP contribution is 2.30. The number of hydrogen-bond acceptors (Lipinski definition) is 6. The predicted molar refractivity (Wildman–Crippen MR) is 130 cm³/mol. The maximum atomic E-state index is 13.3. The van der Waals surface area contributed by atoms with Crippen LogP contribution < -0.4 is 24.2 Å². The first-order valence-corrected chi connectivity index (χ1v) is 12.1. The van der Waals surface area contributed by atoms with Gasteiger partial charge in [0.2, 0.25) is 15.9 Å². The SMILES string of the molecule is COc1ccc(NC(=O)[C@@H](Cc2ccccc2)NS(=O)(=O)c2cc(Cl)ccc2OC)c(OC)c1. The van der Waals surface area contributed by atoms with Crippen molar-refractivity contribution in [1.82, 2.24) is 4.72 Å². The van der Waals surface area contributed by atoms with Gasteiger partial charge in [-0.2, -0.15) is 4.72 Å². The smallest absolute Gasteiger partial charge is 0.245 e. The molecule has 0 saturated carbocycles. The minimum Gasteiger partial charge on any atom is -0.497 e. The van der Waals surface area contributed by atoms with E-state index < -0.39 is 22.0 Å². The topological polar surface area (TPSA) is 103 Å². The quantitative estimate of drug-likeness (QED) is 0.434. The summed E-state index contributed by atoms with van der Waals surface area (Å²) in [4.78, 5) is 13.1. The molecule has 0 bridgehead atoms. The van der Waals surface area contributed by atoms with Gasteiger partial charge in [-0.25, -0.2) is 8.42 Å². The molecule has 3 rings (SSSR count). The van der Waals surface area contributed by atoms with Gasteiger partial charge in [0.1, 0.15) is 28.2 Å². The molecule has 0 heterocycles. The lowest BCUT2D eigenvalue weighted by atomic mass is 10.1. The van der Waals surface area contributed by atoms with Gasteiger partial charge in [0, 0.05) is 11.1 Å². The highest BCUT2D eigenvalue weighted by atomic mass is 35.5. The maximum absolute atomic E-state index is 13.3. The number of methoxy groups -OCH3 is 3. The summed E-state index contributed by atoms with van der Waals surface area (Å²) in [5.41, 5.74) is 1.14. The zero-order valence-electron chi connectivity index (χ0n) is 18.9. The average molecular weight is 505 g/mol. The molecule has 0 fully saturated rings. The number of ether oxygens (including phenoxy) is 3. The van der Waals surface area contributed by atoms with Crippen LogP contribution in [0.3, 0.4) is 0 Å². The molecule has 180 valence electrons. The number of carbonyl (C=O) groups excluding carboxylic acids is 1. The van der Waals surface area contributed by atoms with E-state index in [-0.39, 0.29) is 22.1 Å². The van der Waals surface area contributed by atoms with Crippen molar-refractivity contribution in [2.75, 3.05) is 26.6 Å². The van der Waals surface area contributed by atoms with E-state index in [9.17, 15) is 13.2 Å². The lowest BCUT2D eigenvalue weighted by Crippen LogP contribution is -2.45. The van der Waals surface area contributed by atoms with E-state index in [0.29, 0.717) is 17.2 Å². The van der Waals surface area contributed by atoms with Crippen molar-refractivity contribution in [3.63, 3.8) is 0 Å². The number of sulfonamides is 1. The van der Waals surface area contributed by atoms with Gasteiger partial charge in [0.05, 0.1) is 27.0 Å². The van der Waals surface area contributed by atoms with Gasteiger partial charge < -0.3 is 19.5 Å². The van der Waals surface area contributed by atoms with E-state index in [1.807, 2.05) is 30.3 Å². The largest absolute Gasteiger partial charge is 0.497 e. The number of anilines is 1. The average Bonchev–Trinajstić information content (AvgIpc) is 2.84. The molecule has 10 heteroatoms. The van der Waals surface area contributed by atoms with Gasteiger partial charge in [-0.05, 0) is 42.3 Å². The molecular formula is C24H25ClN2O6S. The Hall–Kier alpha value is -3.27. The molecule has 1 atom stereocenters. The van der Waals surface area contributed by atoms with Crippen molar-refractivity contribution < 1.29 is 27.4 Å². The zero-order chi connectivity index (χ0) is 24.7. The highest BCUT2D eigenvalue weighted by molar-refractivity contribution is 7.89. The Morgan fingerprint density at radius 2 is 1.62 bits per heavy atom. The van der Waals surface area contributed by atoms with Crippen LogP contribution in [0.15, 0.2) is 71.6 Å². The van der Waals surface area contributed by atoms with Crippen LogP contribution in [0.2, 0.25) is 5.02 Å². The summed E-state index contributed by atoms with van der Waals surface area (Å²) in [5, 5.41) is 2.96. The van der Waals surface area contributed by atoms with E-state index in [0.717, 1.165) is 5.56 Å². The number of halogens is 1. The van der Waals surface area contributed by atoms with Crippen molar-refractivity contribution in [2.24, 2.45) is 0 Å². The Balaban J connectivity index is 1.94. The van der Waals surface area contributed by atoms with Crippen LogP contribution in [0.1, 0.15) is 5.56 Å². The standard InChI is InChI=1S/C24H25ClN2O6S/c1-31-18-10-11-19(22(15-18)33-3)26-24(28)20(13-16-7-5-4-6-8-16)27-34(29,30)23-14-17(25)9-12-21(23)32-2/h4-12,14-15,20,27H,13H2,1-3H3,(H,26,28)/t20-/m1/s1. The second-order valence-electron chi connectivity index (χ2n) is 7.21. The molecular weight excluding hydrogens is 480 g/mol. The number of rotatable bonds is 10. The van der Waals surface area contributed by atoms with Crippen molar-refractivity contribution in [1.29, 1.82) is 0 Å².